The molecule has 0 aliphatic carbocycles. The van der Waals surface area contributed by atoms with E-state index < -0.39 is 0 Å². The lowest BCUT2D eigenvalue weighted by atomic mass is 9.94. The van der Waals surface area contributed by atoms with Gasteiger partial charge in [0.25, 0.3) is 0 Å². The van der Waals surface area contributed by atoms with Crippen LogP contribution in [0.4, 0.5) is 5.69 Å². The molecular weight excluding hydrogens is 282 g/mol. The summed E-state index contributed by atoms with van der Waals surface area (Å²) in [7, 11) is 3.67. The number of anilines is 1. The fourth-order valence-electron chi connectivity index (χ4n) is 1.68. The van der Waals surface area contributed by atoms with Crippen molar-refractivity contribution in [1.29, 1.82) is 0 Å². The van der Waals surface area contributed by atoms with Gasteiger partial charge in [0.2, 0.25) is 0 Å². The summed E-state index contributed by atoms with van der Waals surface area (Å²) in [5.74, 6) is 0.823. The summed E-state index contributed by atoms with van der Waals surface area (Å²) in [5, 5.41) is 9.27. The Labute approximate surface area is 112 Å². The number of halogens is 1. The predicted octanol–water partition coefficient (Wildman–Crippen LogP) is 2.91. The summed E-state index contributed by atoms with van der Waals surface area (Å²) in [6, 6.07) is 5.96. The lowest BCUT2D eigenvalue weighted by Gasteiger charge is -2.30. The van der Waals surface area contributed by atoms with Gasteiger partial charge in [-0.15, -0.1) is 0 Å². The highest BCUT2D eigenvalue weighted by atomic mass is 79.9. The second-order valence-electron chi connectivity index (χ2n) is 5.00. The molecule has 0 radical (unpaired) electrons. The van der Waals surface area contributed by atoms with Gasteiger partial charge in [-0.25, -0.2) is 0 Å². The molecule has 0 atom stereocenters. The van der Waals surface area contributed by atoms with E-state index in [0.717, 1.165) is 22.5 Å². The summed E-state index contributed by atoms with van der Waals surface area (Å²) >= 11 is 3.47. The quantitative estimate of drug-likeness (QED) is 0.908. The van der Waals surface area contributed by atoms with Crippen molar-refractivity contribution in [2.24, 2.45) is 5.41 Å². The molecule has 0 aromatic heterocycles. The van der Waals surface area contributed by atoms with Crippen LogP contribution in [0.15, 0.2) is 22.7 Å². The van der Waals surface area contributed by atoms with E-state index in [1.165, 1.54) is 0 Å². The Morgan fingerprint density at radius 2 is 2.06 bits per heavy atom. The average molecular weight is 302 g/mol. The number of benzene rings is 1. The minimum absolute atomic E-state index is 0.110. The minimum Gasteiger partial charge on any atom is -0.496 e. The summed E-state index contributed by atoms with van der Waals surface area (Å²) in [6.45, 7) is 5.06. The Balaban J connectivity index is 2.83. The van der Waals surface area contributed by atoms with Crippen LogP contribution in [-0.2, 0) is 0 Å². The highest BCUT2D eigenvalue weighted by Gasteiger charge is 2.19. The molecule has 1 rings (SSSR count). The number of ether oxygens (including phenoxy) is 1. The average Bonchev–Trinajstić information content (AvgIpc) is 2.28. The van der Waals surface area contributed by atoms with Crippen LogP contribution in [0.25, 0.3) is 0 Å². The monoisotopic (exact) mass is 301 g/mol. The van der Waals surface area contributed by atoms with Crippen molar-refractivity contribution < 1.29 is 9.84 Å². The first-order valence-electron chi connectivity index (χ1n) is 5.55. The zero-order valence-corrected chi connectivity index (χ0v) is 12.4. The SMILES string of the molecule is COc1ccc(N(C)CC(C)(C)CO)cc1Br. The number of hydrogen-bond donors (Lipinski definition) is 1. The van der Waals surface area contributed by atoms with Gasteiger partial charge in [-0.1, -0.05) is 13.8 Å². The largest absolute Gasteiger partial charge is 0.496 e. The maximum absolute atomic E-state index is 9.27. The van der Waals surface area contributed by atoms with Gasteiger partial charge in [0.1, 0.15) is 5.75 Å². The molecule has 0 saturated heterocycles. The molecule has 0 unspecified atom stereocenters. The lowest BCUT2D eigenvalue weighted by molar-refractivity contribution is 0.165. The Bertz CT molecular complexity index is 380. The van der Waals surface area contributed by atoms with Crippen LogP contribution >= 0.6 is 15.9 Å². The van der Waals surface area contributed by atoms with Crippen LogP contribution in [0.1, 0.15) is 13.8 Å². The Kier molecular flexibility index (Phi) is 4.83. The summed E-state index contributed by atoms with van der Waals surface area (Å²) in [6.07, 6.45) is 0. The van der Waals surface area contributed by atoms with Crippen molar-refractivity contribution >= 4 is 21.6 Å². The second-order valence-corrected chi connectivity index (χ2v) is 5.85. The Hall–Kier alpha value is -0.740. The molecule has 1 N–H and O–H groups in total. The summed E-state index contributed by atoms with van der Waals surface area (Å²) in [4.78, 5) is 2.13. The molecule has 0 heterocycles. The van der Waals surface area contributed by atoms with Crippen LogP contribution < -0.4 is 9.64 Å². The molecule has 3 nitrogen and oxygen atoms in total. The van der Waals surface area contributed by atoms with Crippen molar-refractivity contribution in [3.63, 3.8) is 0 Å². The molecule has 4 heteroatoms. The molecule has 1 aromatic rings. The molecule has 0 aliphatic rings. The van der Waals surface area contributed by atoms with E-state index >= 15 is 0 Å². The van der Waals surface area contributed by atoms with Gasteiger partial charge in [0, 0.05) is 31.3 Å². The van der Waals surface area contributed by atoms with Crippen molar-refractivity contribution in [3.8, 4) is 5.75 Å². The summed E-state index contributed by atoms with van der Waals surface area (Å²) in [5.41, 5.74) is 0.987. The third-order valence-corrected chi connectivity index (χ3v) is 3.29. The molecule has 0 aliphatic heterocycles. The zero-order chi connectivity index (χ0) is 13.1. The van der Waals surface area contributed by atoms with E-state index in [1.807, 2.05) is 39.1 Å². The van der Waals surface area contributed by atoms with Crippen molar-refractivity contribution in [2.45, 2.75) is 13.8 Å². The third kappa shape index (κ3) is 3.89. The van der Waals surface area contributed by atoms with E-state index in [4.69, 9.17) is 4.74 Å². The highest BCUT2D eigenvalue weighted by Crippen LogP contribution is 2.30. The standard InChI is InChI=1S/C13H20BrNO2/c1-13(2,9-16)8-15(3)10-5-6-12(17-4)11(14)7-10/h5-7,16H,8-9H2,1-4H3. The Morgan fingerprint density at radius 1 is 1.41 bits per heavy atom. The molecule has 1 aromatic carbocycles. The predicted molar refractivity (Wildman–Crippen MR) is 74.8 cm³/mol. The number of nitrogens with zero attached hydrogens (tertiary/aromatic N) is 1. The lowest BCUT2D eigenvalue weighted by Crippen LogP contribution is -2.33. The van der Waals surface area contributed by atoms with Crippen LogP contribution in [-0.4, -0.2) is 32.4 Å². The molecule has 0 bridgehead atoms. The number of aliphatic hydroxyl groups excluding tert-OH is 1. The van der Waals surface area contributed by atoms with Crippen LogP contribution in [0, 0.1) is 5.41 Å². The maximum atomic E-state index is 9.27. The molecular formula is C13H20BrNO2. The van der Waals surface area contributed by atoms with Gasteiger partial charge < -0.3 is 14.7 Å². The van der Waals surface area contributed by atoms with Gasteiger partial charge >= 0.3 is 0 Å². The van der Waals surface area contributed by atoms with Crippen molar-refractivity contribution in [1.82, 2.24) is 0 Å². The van der Waals surface area contributed by atoms with Gasteiger partial charge in [-0.05, 0) is 34.1 Å². The highest BCUT2D eigenvalue weighted by molar-refractivity contribution is 9.10. The zero-order valence-electron chi connectivity index (χ0n) is 10.8. The number of hydrogen-bond acceptors (Lipinski definition) is 3. The van der Waals surface area contributed by atoms with Crippen molar-refractivity contribution in [2.75, 3.05) is 32.2 Å². The third-order valence-electron chi connectivity index (χ3n) is 2.67. The molecule has 0 fully saturated rings. The first-order chi connectivity index (χ1) is 7.89. The second kappa shape index (κ2) is 5.74. The minimum atomic E-state index is -0.110. The van der Waals surface area contributed by atoms with E-state index in [1.54, 1.807) is 7.11 Å². The van der Waals surface area contributed by atoms with Gasteiger partial charge in [-0.3, -0.25) is 0 Å². The summed E-state index contributed by atoms with van der Waals surface area (Å²) < 4.78 is 6.13. The first kappa shape index (κ1) is 14.3. The van der Waals surface area contributed by atoms with Gasteiger partial charge in [0.15, 0.2) is 0 Å². The van der Waals surface area contributed by atoms with Crippen LogP contribution in [0.5, 0.6) is 5.75 Å². The fourth-order valence-corrected chi connectivity index (χ4v) is 2.20. The fraction of sp³-hybridized carbons (Fsp3) is 0.538. The molecule has 0 spiro atoms. The molecule has 17 heavy (non-hydrogen) atoms. The smallest absolute Gasteiger partial charge is 0.133 e. The number of aliphatic hydroxyl groups is 1. The molecule has 0 amide bonds. The Morgan fingerprint density at radius 3 is 2.53 bits per heavy atom. The van der Waals surface area contributed by atoms with E-state index in [0.29, 0.717) is 0 Å². The van der Waals surface area contributed by atoms with Crippen molar-refractivity contribution in [3.05, 3.63) is 22.7 Å². The van der Waals surface area contributed by atoms with Gasteiger partial charge in [0.05, 0.1) is 11.6 Å². The van der Waals surface area contributed by atoms with E-state index in [-0.39, 0.29) is 12.0 Å². The molecule has 96 valence electrons. The molecule has 0 saturated carbocycles. The van der Waals surface area contributed by atoms with Crippen LogP contribution in [0.2, 0.25) is 0 Å². The number of rotatable bonds is 5. The van der Waals surface area contributed by atoms with Gasteiger partial charge in [-0.2, -0.15) is 0 Å². The van der Waals surface area contributed by atoms with E-state index in [9.17, 15) is 5.11 Å². The van der Waals surface area contributed by atoms with Crippen LogP contribution in [0.3, 0.4) is 0 Å². The first-order valence-corrected chi connectivity index (χ1v) is 6.34. The maximum Gasteiger partial charge on any atom is 0.133 e. The van der Waals surface area contributed by atoms with E-state index in [2.05, 4.69) is 20.8 Å². The number of methoxy groups -OCH3 is 1. The normalized spacial score (nSPS) is 11.4. The topological polar surface area (TPSA) is 32.7 Å².